The van der Waals surface area contributed by atoms with Crippen LogP contribution in [0.25, 0.3) is 0 Å². The molecule has 0 radical (unpaired) electrons. The maximum absolute atomic E-state index is 6.70. The zero-order chi connectivity index (χ0) is 25.6. The zero-order valence-electron chi connectivity index (χ0n) is 23.2. The van der Waals surface area contributed by atoms with Gasteiger partial charge in [-0.1, -0.05) is 89.8 Å². The third-order valence-electron chi connectivity index (χ3n) is 7.50. The maximum Gasteiger partial charge on any atom is 0.193 e. The van der Waals surface area contributed by atoms with E-state index in [9.17, 15) is 0 Å². The van der Waals surface area contributed by atoms with Crippen molar-refractivity contribution in [2.75, 3.05) is 13.2 Å². The van der Waals surface area contributed by atoms with Crippen molar-refractivity contribution in [3.63, 3.8) is 0 Å². The smallest absolute Gasteiger partial charge is 0.193 e. The van der Waals surface area contributed by atoms with Gasteiger partial charge in [0.05, 0.1) is 25.9 Å². The van der Waals surface area contributed by atoms with Gasteiger partial charge >= 0.3 is 0 Å². The van der Waals surface area contributed by atoms with Gasteiger partial charge in [0.15, 0.2) is 16.6 Å². The molecule has 1 aliphatic rings. The van der Waals surface area contributed by atoms with E-state index in [0.717, 1.165) is 6.42 Å². The SMILES string of the molecule is CC(C)(C)[Si](C)(C)OCC#C/C=C1/CC(O[Si](C)(C)C(C)(C)C)C=C1COCc1ccccc1. The van der Waals surface area contributed by atoms with Crippen LogP contribution in [0.3, 0.4) is 0 Å². The molecule has 5 heteroatoms. The Labute approximate surface area is 211 Å². The zero-order valence-corrected chi connectivity index (χ0v) is 25.2. The largest absolute Gasteiger partial charge is 0.410 e. The van der Waals surface area contributed by atoms with Crippen LogP contribution >= 0.6 is 0 Å². The van der Waals surface area contributed by atoms with E-state index in [1.165, 1.54) is 16.7 Å². The third kappa shape index (κ3) is 8.35. The Bertz CT molecular complexity index is 920. The minimum Gasteiger partial charge on any atom is -0.410 e. The molecule has 188 valence electrons. The lowest BCUT2D eigenvalue weighted by Crippen LogP contribution is -2.43. The Morgan fingerprint density at radius 2 is 1.53 bits per heavy atom. The minimum absolute atomic E-state index is 0.0905. The van der Waals surface area contributed by atoms with Crippen LogP contribution in [0.1, 0.15) is 53.5 Å². The van der Waals surface area contributed by atoms with Gasteiger partial charge in [-0.2, -0.15) is 0 Å². The van der Waals surface area contributed by atoms with Crippen LogP contribution in [-0.4, -0.2) is 36.0 Å². The molecule has 0 bridgehead atoms. The molecule has 0 spiro atoms. The van der Waals surface area contributed by atoms with Crippen molar-refractivity contribution in [2.45, 2.75) is 96.9 Å². The Kier molecular flexibility index (Phi) is 9.78. The molecule has 1 atom stereocenters. The molecule has 1 aliphatic carbocycles. The quantitative estimate of drug-likeness (QED) is 0.269. The van der Waals surface area contributed by atoms with Gasteiger partial charge in [0.1, 0.15) is 0 Å². The fraction of sp³-hybridized carbons (Fsp3) is 0.586. The highest BCUT2D eigenvalue weighted by atomic mass is 28.4. The van der Waals surface area contributed by atoms with E-state index in [2.05, 4.69) is 97.8 Å². The normalized spacial score (nSPS) is 18.6. The predicted octanol–water partition coefficient (Wildman–Crippen LogP) is 7.88. The van der Waals surface area contributed by atoms with Gasteiger partial charge < -0.3 is 13.6 Å². The summed E-state index contributed by atoms with van der Waals surface area (Å²) >= 11 is 0. The number of hydrogen-bond donors (Lipinski definition) is 0. The van der Waals surface area contributed by atoms with Crippen molar-refractivity contribution in [3.05, 3.63) is 59.2 Å². The van der Waals surface area contributed by atoms with Crippen molar-refractivity contribution >= 4 is 16.6 Å². The Morgan fingerprint density at radius 1 is 0.912 bits per heavy atom. The molecular weight excluding hydrogens is 452 g/mol. The summed E-state index contributed by atoms with van der Waals surface area (Å²) in [5.41, 5.74) is 3.60. The molecule has 34 heavy (non-hydrogen) atoms. The summed E-state index contributed by atoms with van der Waals surface area (Å²) < 4.78 is 19.0. The second-order valence-electron chi connectivity index (χ2n) is 12.3. The molecule has 0 saturated carbocycles. The average Bonchev–Trinajstić information content (AvgIpc) is 3.07. The lowest BCUT2D eigenvalue weighted by Gasteiger charge is -2.38. The van der Waals surface area contributed by atoms with E-state index in [4.69, 9.17) is 13.6 Å². The first-order valence-electron chi connectivity index (χ1n) is 12.4. The van der Waals surface area contributed by atoms with Crippen molar-refractivity contribution in [3.8, 4) is 11.8 Å². The number of benzene rings is 1. The highest BCUT2D eigenvalue weighted by Crippen LogP contribution is 2.40. The fourth-order valence-corrected chi connectivity index (χ4v) is 5.26. The predicted molar refractivity (Wildman–Crippen MR) is 150 cm³/mol. The molecule has 3 nitrogen and oxygen atoms in total. The van der Waals surface area contributed by atoms with Gasteiger partial charge in [0.2, 0.25) is 0 Å². The Balaban J connectivity index is 2.09. The average molecular weight is 499 g/mol. The second-order valence-corrected chi connectivity index (χ2v) is 21.9. The van der Waals surface area contributed by atoms with E-state index in [0.29, 0.717) is 19.8 Å². The topological polar surface area (TPSA) is 27.7 Å². The highest BCUT2D eigenvalue weighted by Gasteiger charge is 2.40. The summed E-state index contributed by atoms with van der Waals surface area (Å²) in [5, 5.41) is 0.372. The van der Waals surface area contributed by atoms with Crippen LogP contribution in [-0.2, 0) is 20.2 Å². The van der Waals surface area contributed by atoms with Gasteiger partial charge in [-0.3, -0.25) is 0 Å². The van der Waals surface area contributed by atoms with Gasteiger partial charge in [-0.15, -0.1) is 0 Å². The third-order valence-corrected chi connectivity index (χ3v) is 16.5. The van der Waals surface area contributed by atoms with Gasteiger partial charge in [0.25, 0.3) is 0 Å². The number of allylic oxidation sites excluding steroid dienone is 1. The molecule has 1 unspecified atom stereocenters. The van der Waals surface area contributed by atoms with E-state index < -0.39 is 16.6 Å². The summed E-state index contributed by atoms with van der Waals surface area (Å²) in [6, 6.07) is 10.3. The summed E-state index contributed by atoms with van der Waals surface area (Å²) in [6.07, 6.45) is 5.24. The molecule has 0 fully saturated rings. The molecule has 0 aliphatic heterocycles. The summed E-state index contributed by atoms with van der Waals surface area (Å²) in [4.78, 5) is 0. The van der Waals surface area contributed by atoms with Crippen molar-refractivity contribution in [1.82, 2.24) is 0 Å². The first-order valence-corrected chi connectivity index (χ1v) is 18.3. The molecule has 0 aromatic heterocycles. The van der Waals surface area contributed by atoms with E-state index in [-0.39, 0.29) is 16.2 Å². The Hall–Kier alpha value is -1.43. The van der Waals surface area contributed by atoms with E-state index in [1.807, 2.05) is 24.3 Å². The molecule has 0 heterocycles. The lowest BCUT2D eigenvalue weighted by molar-refractivity contribution is 0.144. The molecule has 1 aromatic rings. The van der Waals surface area contributed by atoms with Gasteiger partial charge in [-0.25, -0.2) is 0 Å². The molecule has 2 rings (SSSR count). The van der Waals surface area contributed by atoms with Gasteiger partial charge in [-0.05, 0) is 59.1 Å². The van der Waals surface area contributed by atoms with Crippen LogP contribution in [0.15, 0.2) is 53.6 Å². The van der Waals surface area contributed by atoms with Crippen LogP contribution in [0, 0.1) is 11.8 Å². The van der Waals surface area contributed by atoms with Gasteiger partial charge in [0, 0.05) is 6.42 Å². The molecule has 0 saturated heterocycles. The maximum atomic E-state index is 6.70. The summed E-state index contributed by atoms with van der Waals surface area (Å²) in [7, 11) is -3.64. The van der Waals surface area contributed by atoms with Crippen LogP contribution in [0.4, 0.5) is 0 Å². The number of hydrogen-bond acceptors (Lipinski definition) is 3. The van der Waals surface area contributed by atoms with Crippen molar-refractivity contribution < 1.29 is 13.6 Å². The van der Waals surface area contributed by atoms with E-state index >= 15 is 0 Å². The Morgan fingerprint density at radius 3 is 2.12 bits per heavy atom. The van der Waals surface area contributed by atoms with Crippen LogP contribution < -0.4 is 0 Å². The molecule has 0 N–H and O–H groups in total. The second kappa shape index (κ2) is 11.5. The molecule has 1 aromatic carbocycles. The highest BCUT2D eigenvalue weighted by molar-refractivity contribution is 6.74. The first kappa shape index (κ1) is 28.8. The van der Waals surface area contributed by atoms with E-state index in [1.54, 1.807) is 0 Å². The minimum atomic E-state index is -1.86. The first-order chi connectivity index (χ1) is 15.6. The van der Waals surface area contributed by atoms with Crippen LogP contribution in [0.5, 0.6) is 0 Å². The monoisotopic (exact) mass is 498 g/mol. The summed E-state index contributed by atoms with van der Waals surface area (Å²) in [5.74, 6) is 6.46. The lowest BCUT2D eigenvalue weighted by atomic mass is 10.1. The van der Waals surface area contributed by atoms with Crippen molar-refractivity contribution in [1.29, 1.82) is 0 Å². The van der Waals surface area contributed by atoms with Crippen molar-refractivity contribution in [2.24, 2.45) is 0 Å². The number of rotatable bonds is 8. The standard InChI is InChI=1S/C29H46O3Si2/c1-28(2,3)33(7,8)31-19-15-14-18-25-20-27(32-34(9,10)29(4,5)6)21-26(25)23-30-22-24-16-12-11-13-17-24/h11-13,16-18,21,27H,19-20,22-23H2,1-10H3/b25-18-. The number of ether oxygens (including phenoxy) is 1. The fourth-order valence-electron chi connectivity index (χ4n) is 3.13. The molecular formula is C29H46O3Si2. The van der Waals surface area contributed by atoms with Crippen LogP contribution in [0.2, 0.25) is 36.3 Å². The molecule has 0 amide bonds. The summed E-state index contributed by atoms with van der Waals surface area (Å²) in [6.45, 7) is 24.4.